The van der Waals surface area contributed by atoms with Crippen LogP contribution in [-0.2, 0) is 11.3 Å². The summed E-state index contributed by atoms with van der Waals surface area (Å²) in [5.41, 5.74) is 2.95. The minimum atomic E-state index is -0.407. The minimum absolute atomic E-state index is 0.108. The molecule has 0 spiro atoms. The molecular weight excluding hydrogens is 522 g/mol. The molecule has 214 valence electrons. The van der Waals surface area contributed by atoms with Gasteiger partial charge in [-0.25, -0.2) is 9.97 Å². The van der Waals surface area contributed by atoms with Crippen LogP contribution in [0.25, 0.3) is 11.0 Å². The predicted octanol–water partition coefficient (Wildman–Crippen LogP) is 3.71. The Morgan fingerprint density at radius 3 is 2.61 bits per heavy atom. The first kappa shape index (κ1) is 27.1. The fourth-order valence-electron chi connectivity index (χ4n) is 5.51. The first-order chi connectivity index (χ1) is 20.0. The van der Waals surface area contributed by atoms with Crippen LogP contribution in [0.2, 0.25) is 0 Å². The van der Waals surface area contributed by atoms with Crippen LogP contribution in [0, 0.1) is 5.92 Å². The largest absolute Gasteiger partial charge is 0.446 e. The summed E-state index contributed by atoms with van der Waals surface area (Å²) >= 11 is 0. The number of Topliss-reactive ketones (excluding diaryl/α,β-unsaturated/α-hetero) is 1. The summed E-state index contributed by atoms with van der Waals surface area (Å²) in [7, 11) is 0. The van der Waals surface area contributed by atoms with Crippen molar-refractivity contribution in [3.05, 3.63) is 70.3 Å². The van der Waals surface area contributed by atoms with Gasteiger partial charge in [0, 0.05) is 74.2 Å². The maximum Gasteiger partial charge on any atom is 0.263 e. The number of benzene rings is 1. The number of ketones is 1. The van der Waals surface area contributed by atoms with Gasteiger partial charge in [-0.1, -0.05) is 13.8 Å². The molecule has 6 rings (SSSR count). The van der Waals surface area contributed by atoms with Crippen LogP contribution in [0.3, 0.4) is 0 Å². The second-order valence-electron chi connectivity index (χ2n) is 10.9. The zero-order valence-corrected chi connectivity index (χ0v) is 23.4. The number of oxazole rings is 1. The third-order valence-corrected chi connectivity index (χ3v) is 7.80. The molecule has 5 heterocycles. The van der Waals surface area contributed by atoms with Crippen molar-refractivity contribution >= 4 is 34.1 Å². The number of pyridine rings is 1. The number of anilines is 3. The Kier molecular flexibility index (Phi) is 7.80. The Morgan fingerprint density at radius 2 is 1.88 bits per heavy atom. The van der Waals surface area contributed by atoms with E-state index in [1.54, 1.807) is 26.1 Å². The van der Waals surface area contributed by atoms with E-state index in [0.717, 1.165) is 50.4 Å². The number of nitrogens with one attached hydrogen (secondary N) is 2. The van der Waals surface area contributed by atoms with Crippen LogP contribution in [0.4, 0.5) is 17.3 Å². The van der Waals surface area contributed by atoms with Gasteiger partial charge in [0.2, 0.25) is 5.95 Å². The van der Waals surface area contributed by atoms with Gasteiger partial charge in [-0.3, -0.25) is 14.2 Å². The fraction of sp³-hybridized carbons (Fsp3) is 0.433. The van der Waals surface area contributed by atoms with E-state index in [-0.39, 0.29) is 29.7 Å². The Labute approximate surface area is 238 Å². The fourth-order valence-corrected chi connectivity index (χ4v) is 5.51. The quantitative estimate of drug-likeness (QED) is 0.310. The molecule has 41 heavy (non-hydrogen) atoms. The molecule has 1 aromatic carbocycles. The summed E-state index contributed by atoms with van der Waals surface area (Å²) in [5, 5.41) is 7.23. The van der Waals surface area contributed by atoms with Crippen LogP contribution in [0.5, 0.6) is 0 Å². The van der Waals surface area contributed by atoms with Gasteiger partial charge in [-0.05, 0) is 43.2 Å². The number of carbonyl (C=O) groups is 1. The molecule has 2 N–H and O–H groups in total. The highest BCUT2D eigenvalue weighted by Gasteiger charge is 2.25. The van der Waals surface area contributed by atoms with Crippen LogP contribution in [0.1, 0.15) is 54.4 Å². The molecule has 0 atom stereocenters. The normalized spacial score (nSPS) is 16.4. The van der Waals surface area contributed by atoms with E-state index in [1.807, 2.05) is 12.1 Å². The molecule has 2 fully saturated rings. The van der Waals surface area contributed by atoms with Crippen molar-refractivity contribution in [2.24, 2.45) is 5.92 Å². The lowest BCUT2D eigenvalue weighted by atomic mass is 9.95. The van der Waals surface area contributed by atoms with Gasteiger partial charge in [-0.15, -0.1) is 0 Å². The van der Waals surface area contributed by atoms with E-state index in [2.05, 4.69) is 37.6 Å². The van der Waals surface area contributed by atoms with Gasteiger partial charge in [-0.2, -0.15) is 4.98 Å². The van der Waals surface area contributed by atoms with Gasteiger partial charge in [0.05, 0.1) is 17.8 Å². The molecular formula is C30H35N7O4. The number of hydrogen-bond donors (Lipinski definition) is 2. The summed E-state index contributed by atoms with van der Waals surface area (Å²) in [6.07, 6.45) is 4.74. The zero-order chi connectivity index (χ0) is 28.3. The van der Waals surface area contributed by atoms with Crippen molar-refractivity contribution < 1.29 is 13.9 Å². The summed E-state index contributed by atoms with van der Waals surface area (Å²) in [6, 6.07) is 9.75. The summed E-state index contributed by atoms with van der Waals surface area (Å²) in [4.78, 5) is 42.9. The molecule has 0 aliphatic carbocycles. The molecule has 2 saturated heterocycles. The molecule has 11 nitrogen and oxygen atoms in total. The SMILES string of the molecule is CC(C)C(=O)c1cc2cnc(Nc3ccc(N4CCNCC4)cc3)nc2n(Cc2ocnc2C2CCOCC2)c1=O. The van der Waals surface area contributed by atoms with Gasteiger partial charge < -0.3 is 24.7 Å². The lowest BCUT2D eigenvalue weighted by molar-refractivity contribution is 0.0842. The number of rotatable bonds is 8. The third-order valence-electron chi connectivity index (χ3n) is 7.80. The van der Waals surface area contributed by atoms with Crippen molar-refractivity contribution in [1.82, 2.24) is 24.8 Å². The van der Waals surface area contributed by atoms with Crippen molar-refractivity contribution in [3.63, 3.8) is 0 Å². The average Bonchev–Trinajstić information content (AvgIpc) is 3.48. The summed E-state index contributed by atoms with van der Waals surface area (Å²) in [5.74, 6) is 0.579. The minimum Gasteiger partial charge on any atom is -0.446 e. The Morgan fingerprint density at radius 1 is 1.12 bits per heavy atom. The molecule has 0 radical (unpaired) electrons. The molecule has 2 aliphatic rings. The monoisotopic (exact) mass is 557 g/mol. The smallest absolute Gasteiger partial charge is 0.263 e. The lowest BCUT2D eigenvalue weighted by Crippen LogP contribution is -2.43. The number of nitrogens with zero attached hydrogens (tertiary/aromatic N) is 5. The number of fused-ring (bicyclic) bond motifs is 1. The molecule has 4 aromatic rings. The Hall–Kier alpha value is -4.09. The van der Waals surface area contributed by atoms with Crippen LogP contribution >= 0.6 is 0 Å². The number of hydrogen-bond acceptors (Lipinski definition) is 10. The highest BCUT2D eigenvalue weighted by Crippen LogP contribution is 2.29. The van der Waals surface area contributed by atoms with Crippen molar-refractivity contribution in [3.8, 4) is 0 Å². The molecule has 0 bridgehead atoms. The average molecular weight is 558 g/mol. The first-order valence-corrected chi connectivity index (χ1v) is 14.3. The summed E-state index contributed by atoms with van der Waals surface area (Å²) in [6.45, 7) is 8.90. The van der Waals surface area contributed by atoms with Gasteiger partial charge in [0.15, 0.2) is 12.2 Å². The molecule has 0 amide bonds. The van der Waals surface area contributed by atoms with E-state index in [9.17, 15) is 9.59 Å². The highest BCUT2D eigenvalue weighted by molar-refractivity contribution is 5.99. The second kappa shape index (κ2) is 11.8. The maximum atomic E-state index is 13.8. The van der Waals surface area contributed by atoms with Crippen LogP contribution in [0.15, 0.2) is 52.1 Å². The second-order valence-corrected chi connectivity index (χ2v) is 10.9. The van der Waals surface area contributed by atoms with E-state index < -0.39 is 5.56 Å². The highest BCUT2D eigenvalue weighted by atomic mass is 16.5. The molecule has 11 heteroatoms. The lowest BCUT2D eigenvalue weighted by Gasteiger charge is -2.29. The van der Waals surface area contributed by atoms with Crippen LogP contribution in [-0.4, -0.2) is 64.7 Å². The van der Waals surface area contributed by atoms with Gasteiger partial charge >= 0.3 is 0 Å². The molecule has 2 aliphatic heterocycles. The van der Waals surface area contributed by atoms with E-state index in [1.165, 1.54) is 16.6 Å². The number of aromatic nitrogens is 4. The topological polar surface area (TPSA) is 127 Å². The van der Waals surface area contributed by atoms with E-state index in [4.69, 9.17) is 14.1 Å². The van der Waals surface area contributed by atoms with E-state index in [0.29, 0.717) is 36.0 Å². The molecule has 0 saturated carbocycles. The van der Waals surface area contributed by atoms with Crippen molar-refractivity contribution in [2.45, 2.75) is 39.2 Å². The van der Waals surface area contributed by atoms with Gasteiger partial charge in [0.1, 0.15) is 11.4 Å². The van der Waals surface area contributed by atoms with E-state index >= 15 is 0 Å². The Bertz CT molecular complexity index is 1580. The number of ether oxygens (including phenoxy) is 1. The van der Waals surface area contributed by atoms with Crippen LogP contribution < -0.4 is 21.1 Å². The van der Waals surface area contributed by atoms with Gasteiger partial charge in [0.25, 0.3) is 5.56 Å². The Balaban J connectivity index is 1.35. The first-order valence-electron chi connectivity index (χ1n) is 14.3. The molecule has 0 unspecified atom stereocenters. The standard InChI is InChI=1S/C30H35N7O4/c1-19(2)27(38)24-15-21-16-32-30(34-22-3-5-23(6-4-22)36-11-9-31-10-12-36)35-28(21)37(29(24)39)17-25-26(33-18-41-25)20-7-13-40-14-8-20/h3-6,15-16,18-20,31H,7-14,17H2,1-2H3,(H,32,34,35). The third kappa shape index (κ3) is 5.73. The number of carbonyl (C=O) groups excluding carboxylic acids is 1. The molecule has 3 aromatic heterocycles. The van der Waals surface area contributed by atoms with Crippen molar-refractivity contribution in [2.75, 3.05) is 49.6 Å². The summed E-state index contributed by atoms with van der Waals surface area (Å²) < 4.78 is 12.8. The zero-order valence-electron chi connectivity index (χ0n) is 23.4. The van der Waals surface area contributed by atoms with Crippen molar-refractivity contribution in [1.29, 1.82) is 0 Å². The number of piperazine rings is 1. The maximum absolute atomic E-state index is 13.8. The predicted molar refractivity (Wildman–Crippen MR) is 156 cm³/mol.